The van der Waals surface area contributed by atoms with Gasteiger partial charge in [0.05, 0.1) is 4.90 Å². The van der Waals surface area contributed by atoms with E-state index in [1.165, 1.54) is 4.31 Å². The summed E-state index contributed by atoms with van der Waals surface area (Å²) in [7, 11) is -3.57. The number of nitrogens with one attached hydrogen (secondary N) is 1. The molecule has 0 bridgehead atoms. The molecule has 0 unspecified atom stereocenters. The van der Waals surface area contributed by atoms with Crippen LogP contribution >= 0.6 is 11.3 Å². The van der Waals surface area contributed by atoms with Crippen LogP contribution in [0.5, 0.6) is 0 Å². The number of thiophene rings is 1. The Morgan fingerprint density at radius 1 is 0.970 bits per heavy atom. The maximum absolute atomic E-state index is 13.1. The van der Waals surface area contributed by atoms with Crippen LogP contribution in [0.25, 0.3) is 10.4 Å². The fourth-order valence-corrected chi connectivity index (χ4v) is 6.34. The molecule has 1 aliphatic rings. The fourth-order valence-electron chi connectivity index (χ4n) is 4.11. The van der Waals surface area contributed by atoms with Crippen molar-refractivity contribution in [1.82, 2.24) is 4.31 Å². The number of carbonyl (C=O) groups is 1. The van der Waals surface area contributed by atoms with Gasteiger partial charge >= 0.3 is 0 Å². The molecule has 1 aromatic heterocycles. The topological polar surface area (TPSA) is 66.5 Å². The van der Waals surface area contributed by atoms with Crippen LogP contribution in [0.15, 0.2) is 70.9 Å². The van der Waals surface area contributed by atoms with E-state index in [2.05, 4.69) is 26.1 Å². The number of nitrogens with zero attached hydrogens (tertiary/aromatic N) is 1. The number of carbonyl (C=O) groups excluding carboxylic acids is 1. The Bertz CT molecular complexity index is 1200. The highest BCUT2D eigenvalue weighted by atomic mass is 32.2. The number of para-hydroxylation sites is 1. The Morgan fingerprint density at radius 3 is 2.24 bits per heavy atom. The van der Waals surface area contributed by atoms with Gasteiger partial charge in [-0.1, -0.05) is 57.2 Å². The highest BCUT2D eigenvalue weighted by molar-refractivity contribution is 7.89. The summed E-state index contributed by atoms with van der Waals surface area (Å²) in [5, 5.41) is 5.09. The average molecular weight is 483 g/mol. The molecular formula is C26H30N2O3S2. The van der Waals surface area contributed by atoms with E-state index in [9.17, 15) is 13.2 Å². The van der Waals surface area contributed by atoms with E-state index in [1.54, 1.807) is 23.5 Å². The Kier molecular flexibility index (Phi) is 6.75. The number of hydrogen-bond acceptors (Lipinski definition) is 4. The van der Waals surface area contributed by atoms with Crippen molar-refractivity contribution < 1.29 is 13.2 Å². The van der Waals surface area contributed by atoms with E-state index in [0.717, 1.165) is 21.7 Å². The molecule has 0 spiro atoms. The van der Waals surface area contributed by atoms with Gasteiger partial charge < -0.3 is 5.32 Å². The molecular weight excluding hydrogens is 452 g/mol. The van der Waals surface area contributed by atoms with Crippen molar-refractivity contribution in [3.8, 4) is 10.4 Å². The van der Waals surface area contributed by atoms with E-state index in [-0.39, 0.29) is 17.2 Å². The molecule has 2 heterocycles. The van der Waals surface area contributed by atoms with E-state index in [0.29, 0.717) is 30.8 Å². The molecule has 2 aromatic carbocycles. The Labute approximate surface area is 200 Å². The van der Waals surface area contributed by atoms with Gasteiger partial charge in [0.15, 0.2) is 0 Å². The van der Waals surface area contributed by atoms with Crippen LogP contribution in [0.2, 0.25) is 0 Å². The summed E-state index contributed by atoms with van der Waals surface area (Å²) < 4.78 is 27.7. The summed E-state index contributed by atoms with van der Waals surface area (Å²) in [6.07, 6.45) is 1.01. The summed E-state index contributed by atoms with van der Waals surface area (Å²) >= 11 is 1.63. The molecule has 33 heavy (non-hydrogen) atoms. The first-order chi connectivity index (χ1) is 15.7. The molecule has 0 atom stereocenters. The van der Waals surface area contributed by atoms with Crippen LogP contribution in [-0.4, -0.2) is 31.7 Å². The maximum Gasteiger partial charge on any atom is 0.243 e. The van der Waals surface area contributed by atoms with Crippen LogP contribution in [0, 0.1) is 5.92 Å². The number of piperidine rings is 1. The number of benzene rings is 2. The minimum absolute atomic E-state index is 0.0316. The molecule has 1 fully saturated rings. The molecule has 1 amide bonds. The molecule has 0 radical (unpaired) electrons. The van der Waals surface area contributed by atoms with Gasteiger partial charge in [0.1, 0.15) is 0 Å². The third kappa shape index (κ3) is 5.21. The minimum atomic E-state index is -3.57. The molecule has 7 heteroatoms. The quantitative estimate of drug-likeness (QED) is 0.503. The lowest BCUT2D eigenvalue weighted by molar-refractivity contribution is -0.120. The Morgan fingerprint density at radius 2 is 1.64 bits per heavy atom. The van der Waals surface area contributed by atoms with E-state index < -0.39 is 10.0 Å². The largest absolute Gasteiger partial charge is 0.325 e. The Balaban J connectivity index is 1.40. The lowest BCUT2D eigenvalue weighted by Crippen LogP contribution is -2.41. The second kappa shape index (κ2) is 9.41. The molecule has 1 N–H and O–H groups in total. The lowest BCUT2D eigenvalue weighted by Gasteiger charge is -2.31. The van der Waals surface area contributed by atoms with Crippen molar-refractivity contribution in [2.45, 2.75) is 43.9 Å². The second-order valence-electron chi connectivity index (χ2n) is 9.46. The number of amides is 1. The third-order valence-corrected chi connectivity index (χ3v) is 8.97. The maximum atomic E-state index is 13.1. The van der Waals surface area contributed by atoms with Crippen LogP contribution < -0.4 is 5.32 Å². The number of anilines is 1. The zero-order chi connectivity index (χ0) is 23.6. The van der Waals surface area contributed by atoms with Crippen LogP contribution in [0.4, 0.5) is 5.69 Å². The van der Waals surface area contributed by atoms with Crippen LogP contribution in [-0.2, 0) is 20.2 Å². The molecule has 1 aliphatic heterocycles. The first-order valence-corrected chi connectivity index (χ1v) is 13.5. The van der Waals surface area contributed by atoms with Crippen molar-refractivity contribution in [3.05, 3.63) is 71.6 Å². The van der Waals surface area contributed by atoms with Crippen molar-refractivity contribution in [1.29, 1.82) is 0 Å². The summed E-state index contributed by atoms with van der Waals surface area (Å²) in [6, 6.07) is 19.0. The molecule has 0 saturated carbocycles. The predicted molar refractivity (Wildman–Crippen MR) is 135 cm³/mol. The van der Waals surface area contributed by atoms with Gasteiger partial charge in [-0.3, -0.25) is 4.79 Å². The lowest BCUT2D eigenvalue weighted by atomic mass is 9.87. The monoisotopic (exact) mass is 482 g/mol. The van der Waals surface area contributed by atoms with Gasteiger partial charge in [0.25, 0.3) is 0 Å². The number of sulfonamides is 1. The predicted octanol–water partition coefficient (Wildman–Crippen LogP) is 5.75. The summed E-state index contributed by atoms with van der Waals surface area (Å²) in [5.74, 6) is -0.262. The summed E-state index contributed by atoms with van der Waals surface area (Å²) in [4.78, 5) is 14.4. The zero-order valence-electron chi connectivity index (χ0n) is 19.2. The second-order valence-corrected chi connectivity index (χ2v) is 12.4. The van der Waals surface area contributed by atoms with Crippen molar-refractivity contribution in [3.63, 3.8) is 0 Å². The van der Waals surface area contributed by atoms with Gasteiger partial charge in [-0.05, 0) is 53.5 Å². The first kappa shape index (κ1) is 23.7. The van der Waals surface area contributed by atoms with Gasteiger partial charge in [0, 0.05) is 35.1 Å². The van der Waals surface area contributed by atoms with Crippen LogP contribution in [0.3, 0.4) is 0 Å². The van der Waals surface area contributed by atoms with Gasteiger partial charge in [-0.25, -0.2) is 8.42 Å². The van der Waals surface area contributed by atoms with E-state index in [1.807, 2.05) is 53.9 Å². The SMILES string of the molecule is CC(C)(C)c1ccc(S(=O)(=O)N2CCC(C(=O)Nc3ccccc3-c3cccs3)CC2)cc1. The molecule has 4 rings (SSSR count). The van der Waals surface area contributed by atoms with Crippen molar-refractivity contribution >= 4 is 33.0 Å². The van der Waals surface area contributed by atoms with Crippen LogP contribution in [0.1, 0.15) is 39.2 Å². The molecule has 0 aliphatic carbocycles. The first-order valence-electron chi connectivity index (χ1n) is 11.2. The van der Waals surface area contributed by atoms with Crippen molar-refractivity contribution in [2.75, 3.05) is 18.4 Å². The Hall–Kier alpha value is -2.48. The molecule has 5 nitrogen and oxygen atoms in total. The highest BCUT2D eigenvalue weighted by Crippen LogP contribution is 2.33. The highest BCUT2D eigenvalue weighted by Gasteiger charge is 2.32. The normalized spacial score (nSPS) is 16.0. The van der Waals surface area contributed by atoms with E-state index >= 15 is 0 Å². The molecule has 3 aromatic rings. The summed E-state index contributed by atoms with van der Waals surface area (Å²) in [6.45, 7) is 6.99. The zero-order valence-corrected chi connectivity index (χ0v) is 20.9. The van der Waals surface area contributed by atoms with Gasteiger partial charge in [-0.15, -0.1) is 11.3 Å². The molecule has 174 valence electrons. The van der Waals surface area contributed by atoms with Crippen molar-refractivity contribution in [2.24, 2.45) is 5.92 Å². The standard InChI is InChI=1S/C26H30N2O3S2/c1-26(2,3)20-10-12-21(13-11-20)33(30,31)28-16-14-19(15-17-28)25(29)27-23-8-5-4-7-22(23)24-9-6-18-32-24/h4-13,18-19H,14-17H2,1-3H3,(H,27,29). The smallest absolute Gasteiger partial charge is 0.243 e. The molecule has 1 saturated heterocycles. The fraction of sp³-hybridized carbons (Fsp3) is 0.346. The van der Waals surface area contributed by atoms with E-state index in [4.69, 9.17) is 0 Å². The number of hydrogen-bond donors (Lipinski definition) is 1. The summed E-state index contributed by atoms with van der Waals surface area (Å²) in [5.41, 5.74) is 2.86. The minimum Gasteiger partial charge on any atom is -0.325 e. The average Bonchev–Trinajstić information content (AvgIpc) is 3.34. The van der Waals surface area contributed by atoms with Gasteiger partial charge in [-0.2, -0.15) is 4.31 Å². The van der Waals surface area contributed by atoms with Gasteiger partial charge in [0.2, 0.25) is 15.9 Å². The number of rotatable bonds is 5. The third-order valence-electron chi connectivity index (χ3n) is 6.15.